The molecule has 0 atom stereocenters. The first-order chi connectivity index (χ1) is 7.27. The molecule has 0 aromatic heterocycles. The highest BCUT2D eigenvalue weighted by atomic mass is 16.5. The Labute approximate surface area is 89.4 Å². The first-order valence-electron chi connectivity index (χ1n) is 5.30. The average Bonchev–Trinajstić information content (AvgIpc) is 2.30. The molecule has 0 bridgehead atoms. The van der Waals surface area contributed by atoms with Crippen LogP contribution in [0.3, 0.4) is 0 Å². The molecule has 2 rings (SSSR count). The van der Waals surface area contributed by atoms with Crippen LogP contribution in [0.1, 0.15) is 19.3 Å². The zero-order valence-corrected chi connectivity index (χ0v) is 8.69. The third-order valence-corrected chi connectivity index (χ3v) is 2.85. The SMILES string of the molecule is NC(=O)C1=CN(C2CCOCC2)C=CC1. The fourth-order valence-electron chi connectivity index (χ4n) is 1.95. The maximum atomic E-state index is 11.1. The Morgan fingerprint density at radius 1 is 1.47 bits per heavy atom. The molecule has 4 nitrogen and oxygen atoms in total. The number of hydrogen-bond acceptors (Lipinski definition) is 3. The molecule has 0 spiro atoms. The number of nitrogens with zero attached hydrogens (tertiary/aromatic N) is 1. The van der Waals surface area contributed by atoms with Crippen molar-refractivity contribution < 1.29 is 9.53 Å². The van der Waals surface area contributed by atoms with E-state index >= 15 is 0 Å². The zero-order valence-electron chi connectivity index (χ0n) is 8.69. The molecule has 82 valence electrons. The van der Waals surface area contributed by atoms with Crippen LogP contribution in [0.5, 0.6) is 0 Å². The van der Waals surface area contributed by atoms with Crippen molar-refractivity contribution in [1.29, 1.82) is 0 Å². The number of carbonyl (C=O) groups is 1. The van der Waals surface area contributed by atoms with Gasteiger partial charge in [0.05, 0.1) is 0 Å². The number of rotatable bonds is 2. The van der Waals surface area contributed by atoms with Gasteiger partial charge >= 0.3 is 0 Å². The smallest absolute Gasteiger partial charge is 0.246 e. The van der Waals surface area contributed by atoms with Crippen LogP contribution in [0, 0.1) is 0 Å². The summed E-state index contributed by atoms with van der Waals surface area (Å²) in [6.07, 6.45) is 8.55. The van der Waals surface area contributed by atoms with Gasteiger partial charge < -0.3 is 15.4 Å². The topological polar surface area (TPSA) is 55.6 Å². The lowest BCUT2D eigenvalue weighted by Gasteiger charge is -2.32. The summed E-state index contributed by atoms with van der Waals surface area (Å²) in [5.74, 6) is -0.323. The summed E-state index contributed by atoms with van der Waals surface area (Å²) in [5.41, 5.74) is 5.95. The highest BCUT2D eigenvalue weighted by molar-refractivity contribution is 5.92. The zero-order chi connectivity index (χ0) is 10.7. The molecular formula is C11H16N2O2. The third kappa shape index (κ3) is 2.39. The van der Waals surface area contributed by atoms with E-state index in [2.05, 4.69) is 4.90 Å². The molecule has 2 N–H and O–H groups in total. The van der Waals surface area contributed by atoms with Crippen LogP contribution in [-0.4, -0.2) is 30.1 Å². The van der Waals surface area contributed by atoms with E-state index in [4.69, 9.17) is 10.5 Å². The second-order valence-corrected chi connectivity index (χ2v) is 3.90. The summed E-state index contributed by atoms with van der Waals surface area (Å²) >= 11 is 0. The molecule has 2 aliphatic rings. The molecule has 15 heavy (non-hydrogen) atoms. The van der Waals surface area contributed by atoms with E-state index in [1.54, 1.807) is 0 Å². The van der Waals surface area contributed by atoms with Crippen LogP contribution >= 0.6 is 0 Å². The van der Waals surface area contributed by atoms with Crippen molar-refractivity contribution in [2.45, 2.75) is 25.3 Å². The Bertz CT molecular complexity index is 304. The van der Waals surface area contributed by atoms with Gasteiger partial charge in [0.15, 0.2) is 0 Å². The molecule has 1 amide bonds. The van der Waals surface area contributed by atoms with E-state index in [1.165, 1.54) is 0 Å². The normalized spacial score (nSPS) is 22.7. The number of ether oxygens (including phenoxy) is 1. The van der Waals surface area contributed by atoms with E-state index in [1.807, 2.05) is 18.5 Å². The van der Waals surface area contributed by atoms with E-state index in [0.29, 0.717) is 18.0 Å². The summed E-state index contributed by atoms with van der Waals surface area (Å²) < 4.78 is 5.30. The molecule has 0 saturated carbocycles. The van der Waals surface area contributed by atoms with E-state index < -0.39 is 0 Å². The number of amides is 1. The fourth-order valence-corrected chi connectivity index (χ4v) is 1.95. The molecule has 2 heterocycles. The van der Waals surface area contributed by atoms with Crippen molar-refractivity contribution in [1.82, 2.24) is 4.90 Å². The third-order valence-electron chi connectivity index (χ3n) is 2.85. The van der Waals surface area contributed by atoms with Crippen molar-refractivity contribution in [3.8, 4) is 0 Å². The summed E-state index contributed by atoms with van der Waals surface area (Å²) in [6, 6.07) is 0.449. The first-order valence-corrected chi connectivity index (χ1v) is 5.30. The minimum atomic E-state index is -0.323. The Morgan fingerprint density at radius 3 is 2.87 bits per heavy atom. The molecule has 1 fully saturated rings. The number of hydrogen-bond donors (Lipinski definition) is 1. The summed E-state index contributed by atoms with van der Waals surface area (Å²) in [7, 11) is 0. The van der Waals surface area contributed by atoms with Crippen LogP contribution in [0.15, 0.2) is 24.0 Å². The molecule has 0 radical (unpaired) electrons. The van der Waals surface area contributed by atoms with Gasteiger partial charge in [-0.15, -0.1) is 0 Å². The average molecular weight is 208 g/mol. The molecule has 1 saturated heterocycles. The highest BCUT2D eigenvalue weighted by Crippen LogP contribution is 2.20. The molecule has 0 aliphatic carbocycles. The van der Waals surface area contributed by atoms with Crippen molar-refractivity contribution in [2.75, 3.05) is 13.2 Å². The Kier molecular flexibility index (Phi) is 3.06. The van der Waals surface area contributed by atoms with Gasteiger partial charge in [-0.05, 0) is 19.3 Å². The van der Waals surface area contributed by atoms with Crippen molar-refractivity contribution in [2.24, 2.45) is 5.73 Å². The Balaban J connectivity index is 2.04. The standard InChI is InChI=1S/C11H16N2O2/c12-11(14)9-2-1-5-13(8-9)10-3-6-15-7-4-10/h1,5,8,10H,2-4,6-7H2,(H2,12,14). The largest absolute Gasteiger partial charge is 0.381 e. The molecule has 0 aromatic rings. The Morgan fingerprint density at radius 2 is 2.20 bits per heavy atom. The maximum absolute atomic E-state index is 11.1. The van der Waals surface area contributed by atoms with Gasteiger partial charge in [0.25, 0.3) is 0 Å². The highest BCUT2D eigenvalue weighted by Gasteiger charge is 2.20. The van der Waals surface area contributed by atoms with Gasteiger partial charge in [-0.2, -0.15) is 0 Å². The number of primary amides is 1. The van der Waals surface area contributed by atoms with Crippen molar-refractivity contribution in [3.63, 3.8) is 0 Å². The number of allylic oxidation sites excluding steroid dienone is 1. The summed E-state index contributed by atoms with van der Waals surface area (Å²) in [6.45, 7) is 1.60. The first kappa shape index (κ1) is 10.2. The maximum Gasteiger partial charge on any atom is 0.246 e. The lowest BCUT2D eigenvalue weighted by atomic mass is 10.1. The van der Waals surface area contributed by atoms with Crippen molar-refractivity contribution >= 4 is 5.91 Å². The van der Waals surface area contributed by atoms with E-state index in [0.717, 1.165) is 26.1 Å². The monoisotopic (exact) mass is 208 g/mol. The quantitative estimate of drug-likeness (QED) is 0.728. The fraction of sp³-hybridized carbons (Fsp3) is 0.545. The van der Waals surface area contributed by atoms with Gasteiger partial charge in [-0.1, -0.05) is 6.08 Å². The molecular weight excluding hydrogens is 192 g/mol. The molecule has 0 unspecified atom stereocenters. The van der Waals surface area contributed by atoms with Gasteiger partial charge in [-0.25, -0.2) is 0 Å². The predicted octanol–water partition coefficient (Wildman–Crippen LogP) is 0.754. The van der Waals surface area contributed by atoms with Crippen molar-refractivity contribution in [3.05, 3.63) is 24.0 Å². The van der Waals surface area contributed by atoms with Crippen LogP contribution in [0.2, 0.25) is 0 Å². The van der Waals surface area contributed by atoms with Gasteiger partial charge in [0.1, 0.15) is 0 Å². The molecule has 4 heteroatoms. The second-order valence-electron chi connectivity index (χ2n) is 3.90. The van der Waals surface area contributed by atoms with Crippen LogP contribution in [0.25, 0.3) is 0 Å². The van der Waals surface area contributed by atoms with Gasteiger partial charge in [0.2, 0.25) is 5.91 Å². The van der Waals surface area contributed by atoms with Gasteiger partial charge in [-0.3, -0.25) is 4.79 Å². The van der Waals surface area contributed by atoms with Crippen LogP contribution in [-0.2, 0) is 9.53 Å². The van der Waals surface area contributed by atoms with Crippen LogP contribution in [0.4, 0.5) is 0 Å². The Hall–Kier alpha value is -1.29. The summed E-state index contributed by atoms with van der Waals surface area (Å²) in [4.78, 5) is 13.1. The minimum absolute atomic E-state index is 0.323. The van der Waals surface area contributed by atoms with E-state index in [-0.39, 0.29) is 5.91 Å². The molecule has 2 aliphatic heterocycles. The van der Waals surface area contributed by atoms with Gasteiger partial charge in [0, 0.05) is 37.2 Å². The lowest BCUT2D eigenvalue weighted by Crippen LogP contribution is -2.34. The van der Waals surface area contributed by atoms with Crippen LogP contribution < -0.4 is 5.73 Å². The number of nitrogens with two attached hydrogens (primary N) is 1. The predicted molar refractivity (Wildman–Crippen MR) is 56.7 cm³/mol. The number of carbonyl (C=O) groups excluding carboxylic acids is 1. The van der Waals surface area contributed by atoms with E-state index in [9.17, 15) is 4.79 Å². The summed E-state index contributed by atoms with van der Waals surface area (Å²) in [5, 5.41) is 0. The second kappa shape index (κ2) is 4.49. The molecule has 0 aromatic carbocycles. The minimum Gasteiger partial charge on any atom is -0.381 e. The lowest BCUT2D eigenvalue weighted by molar-refractivity contribution is -0.114.